The van der Waals surface area contributed by atoms with E-state index < -0.39 is 0 Å². The Morgan fingerprint density at radius 3 is 2.62 bits per heavy atom. The molecular weight excluding hydrogens is 164 g/mol. The molecule has 13 heavy (non-hydrogen) atoms. The summed E-state index contributed by atoms with van der Waals surface area (Å²) in [5, 5.41) is 3.34. The molecule has 1 aliphatic rings. The summed E-state index contributed by atoms with van der Waals surface area (Å²) in [5.41, 5.74) is 0. The Hall–Kier alpha value is -0.410. The minimum Gasteiger partial charge on any atom is -0.314 e. The molecule has 1 fully saturated rings. The van der Waals surface area contributed by atoms with Gasteiger partial charge in [-0.25, -0.2) is 0 Å². The number of hydrogen-bond donors (Lipinski definition) is 1. The van der Waals surface area contributed by atoms with Crippen molar-refractivity contribution in [2.45, 2.75) is 25.7 Å². The fraction of sp³-hybridized carbons (Fsp3) is 0.900. The van der Waals surface area contributed by atoms with E-state index in [1.807, 2.05) is 0 Å². The Labute approximate surface area is 80.5 Å². The molecule has 0 aromatic carbocycles. The van der Waals surface area contributed by atoms with Crippen molar-refractivity contribution in [2.24, 2.45) is 0 Å². The van der Waals surface area contributed by atoms with Crippen molar-refractivity contribution in [3.05, 3.63) is 0 Å². The highest BCUT2D eigenvalue weighted by Crippen LogP contribution is 2.01. The summed E-state index contributed by atoms with van der Waals surface area (Å²) in [5.74, 6) is 0. The standard InChI is InChI=1S/C10H20N2O/c13-10-4-2-1-3-7-12-8-5-11-6-9-12/h10-11H,1-9H2. The summed E-state index contributed by atoms with van der Waals surface area (Å²) in [6.07, 6.45) is 5.26. The van der Waals surface area contributed by atoms with Gasteiger partial charge < -0.3 is 15.0 Å². The fourth-order valence-electron chi connectivity index (χ4n) is 1.67. The third-order valence-electron chi connectivity index (χ3n) is 2.51. The lowest BCUT2D eigenvalue weighted by molar-refractivity contribution is -0.107. The van der Waals surface area contributed by atoms with Crippen LogP contribution in [0.5, 0.6) is 0 Å². The van der Waals surface area contributed by atoms with E-state index in [2.05, 4.69) is 10.2 Å². The average molecular weight is 184 g/mol. The van der Waals surface area contributed by atoms with Gasteiger partial charge in [0, 0.05) is 32.6 Å². The minimum atomic E-state index is 0.738. The average Bonchev–Trinajstić information content (AvgIpc) is 2.19. The van der Waals surface area contributed by atoms with Crippen LogP contribution in [0.4, 0.5) is 0 Å². The van der Waals surface area contributed by atoms with Crippen molar-refractivity contribution in [1.29, 1.82) is 0 Å². The smallest absolute Gasteiger partial charge is 0.119 e. The molecule has 0 unspecified atom stereocenters. The molecule has 0 aromatic rings. The maximum Gasteiger partial charge on any atom is 0.119 e. The van der Waals surface area contributed by atoms with Crippen molar-refractivity contribution >= 4 is 6.29 Å². The molecule has 1 rings (SSSR count). The molecule has 0 atom stereocenters. The summed E-state index contributed by atoms with van der Waals surface area (Å²) in [4.78, 5) is 12.5. The molecule has 0 aromatic heterocycles. The Bertz CT molecular complexity index is 133. The summed E-state index contributed by atoms with van der Waals surface area (Å²) in [6.45, 7) is 5.85. The van der Waals surface area contributed by atoms with Crippen LogP contribution in [-0.2, 0) is 4.79 Å². The molecule has 1 N–H and O–H groups in total. The highest BCUT2D eigenvalue weighted by molar-refractivity contribution is 5.48. The van der Waals surface area contributed by atoms with Crippen molar-refractivity contribution in [2.75, 3.05) is 32.7 Å². The van der Waals surface area contributed by atoms with Crippen LogP contribution in [0.3, 0.4) is 0 Å². The molecule has 0 saturated carbocycles. The van der Waals surface area contributed by atoms with Gasteiger partial charge in [0.1, 0.15) is 6.29 Å². The zero-order chi connectivity index (χ0) is 9.36. The molecular formula is C10H20N2O. The van der Waals surface area contributed by atoms with Crippen LogP contribution in [0, 0.1) is 0 Å². The van der Waals surface area contributed by atoms with Crippen LogP contribution in [0.2, 0.25) is 0 Å². The third-order valence-corrected chi connectivity index (χ3v) is 2.51. The van der Waals surface area contributed by atoms with E-state index in [1.54, 1.807) is 0 Å². The van der Waals surface area contributed by atoms with Crippen molar-refractivity contribution < 1.29 is 4.79 Å². The quantitative estimate of drug-likeness (QED) is 0.486. The van der Waals surface area contributed by atoms with E-state index in [1.165, 1.54) is 32.5 Å². The van der Waals surface area contributed by atoms with Gasteiger partial charge in [0.15, 0.2) is 0 Å². The molecule has 1 aliphatic heterocycles. The molecule has 1 heterocycles. The van der Waals surface area contributed by atoms with Crippen LogP contribution >= 0.6 is 0 Å². The Morgan fingerprint density at radius 1 is 1.15 bits per heavy atom. The van der Waals surface area contributed by atoms with Crippen LogP contribution in [0.25, 0.3) is 0 Å². The van der Waals surface area contributed by atoms with E-state index >= 15 is 0 Å². The van der Waals surface area contributed by atoms with Crippen LogP contribution in [0.15, 0.2) is 0 Å². The molecule has 3 heteroatoms. The van der Waals surface area contributed by atoms with Crippen molar-refractivity contribution in [3.63, 3.8) is 0 Å². The Morgan fingerprint density at radius 2 is 1.92 bits per heavy atom. The first-order chi connectivity index (χ1) is 6.43. The summed E-state index contributed by atoms with van der Waals surface area (Å²) >= 11 is 0. The maximum atomic E-state index is 10.1. The van der Waals surface area contributed by atoms with Gasteiger partial charge >= 0.3 is 0 Å². The number of aldehydes is 1. The number of rotatable bonds is 6. The number of piperazine rings is 1. The maximum absolute atomic E-state index is 10.1. The summed E-state index contributed by atoms with van der Waals surface area (Å²) in [6, 6.07) is 0. The van der Waals surface area contributed by atoms with Gasteiger partial charge in [-0.15, -0.1) is 0 Å². The summed E-state index contributed by atoms with van der Waals surface area (Å²) < 4.78 is 0. The number of carbonyl (C=O) groups excluding carboxylic acids is 1. The first kappa shape index (κ1) is 10.7. The van der Waals surface area contributed by atoms with Gasteiger partial charge in [-0.2, -0.15) is 0 Å². The Balaban J connectivity index is 1.89. The molecule has 0 radical (unpaired) electrons. The monoisotopic (exact) mass is 184 g/mol. The van der Waals surface area contributed by atoms with E-state index in [0.717, 1.165) is 32.2 Å². The van der Waals surface area contributed by atoms with E-state index in [0.29, 0.717) is 0 Å². The highest BCUT2D eigenvalue weighted by Gasteiger charge is 2.07. The van der Waals surface area contributed by atoms with Crippen molar-refractivity contribution in [3.8, 4) is 0 Å². The molecule has 0 amide bonds. The van der Waals surface area contributed by atoms with Crippen LogP contribution in [-0.4, -0.2) is 43.9 Å². The molecule has 0 spiro atoms. The lowest BCUT2D eigenvalue weighted by atomic mass is 10.2. The van der Waals surface area contributed by atoms with Gasteiger partial charge in [-0.3, -0.25) is 0 Å². The fourth-order valence-corrected chi connectivity index (χ4v) is 1.67. The Kier molecular flexibility index (Phi) is 5.78. The van der Waals surface area contributed by atoms with E-state index in [9.17, 15) is 4.79 Å². The molecule has 76 valence electrons. The predicted molar refractivity (Wildman–Crippen MR) is 53.8 cm³/mol. The summed E-state index contributed by atoms with van der Waals surface area (Å²) in [7, 11) is 0. The minimum absolute atomic E-state index is 0.738. The van der Waals surface area contributed by atoms with Crippen LogP contribution < -0.4 is 5.32 Å². The molecule has 0 bridgehead atoms. The molecule has 0 aliphatic carbocycles. The number of unbranched alkanes of at least 4 members (excludes halogenated alkanes) is 3. The van der Waals surface area contributed by atoms with Gasteiger partial charge in [0.25, 0.3) is 0 Å². The zero-order valence-corrected chi connectivity index (χ0v) is 8.30. The second-order valence-electron chi connectivity index (χ2n) is 3.61. The number of hydrogen-bond acceptors (Lipinski definition) is 3. The van der Waals surface area contributed by atoms with Crippen LogP contribution in [0.1, 0.15) is 25.7 Å². The number of nitrogens with zero attached hydrogens (tertiary/aromatic N) is 1. The lowest BCUT2D eigenvalue weighted by Gasteiger charge is -2.26. The van der Waals surface area contributed by atoms with E-state index in [-0.39, 0.29) is 0 Å². The second-order valence-corrected chi connectivity index (χ2v) is 3.61. The topological polar surface area (TPSA) is 32.3 Å². The predicted octanol–water partition coefficient (Wildman–Crippen LogP) is 0.651. The van der Waals surface area contributed by atoms with Gasteiger partial charge in [-0.1, -0.05) is 6.42 Å². The largest absolute Gasteiger partial charge is 0.314 e. The normalized spacial score (nSPS) is 18.8. The SMILES string of the molecule is O=CCCCCCN1CCNCC1. The lowest BCUT2D eigenvalue weighted by Crippen LogP contribution is -2.43. The van der Waals surface area contributed by atoms with Gasteiger partial charge in [-0.05, 0) is 19.4 Å². The third kappa shape index (κ3) is 5.01. The number of nitrogens with one attached hydrogen (secondary N) is 1. The van der Waals surface area contributed by atoms with E-state index in [4.69, 9.17) is 0 Å². The molecule has 1 saturated heterocycles. The first-order valence-electron chi connectivity index (χ1n) is 5.30. The first-order valence-corrected chi connectivity index (χ1v) is 5.30. The van der Waals surface area contributed by atoms with Gasteiger partial charge in [0.2, 0.25) is 0 Å². The van der Waals surface area contributed by atoms with Crippen molar-refractivity contribution in [1.82, 2.24) is 10.2 Å². The van der Waals surface area contributed by atoms with Gasteiger partial charge in [0.05, 0.1) is 0 Å². The highest BCUT2D eigenvalue weighted by atomic mass is 16.1. The number of carbonyl (C=O) groups is 1. The molecule has 3 nitrogen and oxygen atoms in total. The second kappa shape index (κ2) is 7.04. The zero-order valence-electron chi connectivity index (χ0n) is 8.30.